The van der Waals surface area contributed by atoms with Crippen LogP contribution >= 0.6 is 0 Å². The summed E-state index contributed by atoms with van der Waals surface area (Å²) < 4.78 is 0. The SMILES string of the molecule is CC1CN(c2cccc3cnccc23)CCN1C(=O)C1(O)CCC1. The second-order valence-electron chi connectivity index (χ2n) is 7.05. The summed E-state index contributed by atoms with van der Waals surface area (Å²) in [4.78, 5) is 21.0. The molecule has 5 nitrogen and oxygen atoms in total. The van der Waals surface area contributed by atoms with Gasteiger partial charge in [0.2, 0.25) is 0 Å². The van der Waals surface area contributed by atoms with Crippen LogP contribution in [0.15, 0.2) is 36.7 Å². The predicted molar refractivity (Wildman–Crippen MR) is 93.9 cm³/mol. The molecule has 1 saturated carbocycles. The van der Waals surface area contributed by atoms with Gasteiger partial charge in [-0.05, 0) is 38.3 Å². The van der Waals surface area contributed by atoms with Crippen molar-refractivity contribution >= 4 is 22.4 Å². The third kappa shape index (κ3) is 2.44. The molecule has 1 N–H and O–H groups in total. The van der Waals surface area contributed by atoms with Crippen LogP contribution in [0.1, 0.15) is 26.2 Å². The molecular weight excluding hydrogens is 302 g/mol. The van der Waals surface area contributed by atoms with Gasteiger partial charge in [0, 0.05) is 54.5 Å². The van der Waals surface area contributed by atoms with Crippen molar-refractivity contribution in [2.45, 2.75) is 37.8 Å². The molecule has 1 aromatic heterocycles. The maximum absolute atomic E-state index is 12.6. The van der Waals surface area contributed by atoms with Gasteiger partial charge in [-0.1, -0.05) is 12.1 Å². The van der Waals surface area contributed by atoms with Crippen molar-refractivity contribution in [2.24, 2.45) is 0 Å². The van der Waals surface area contributed by atoms with Crippen molar-refractivity contribution in [3.63, 3.8) is 0 Å². The molecule has 2 aliphatic rings. The van der Waals surface area contributed by atoms with Crippen LogP contribution in [0, 0.1) is 0 Å². The number of fused-ring (bicyclic) bond motifs is 1. The normalized spacial score (nSPS) is 23.2. The molecule has 1 atom stereocenters. The lowest BCUT2D eigenvalue weighted by Crippen LogP contribution is -2.61. The Labute approximate surface area is 141 Å². The van der Waals surface area contributed by atoms with Gasteiger partial charge in [0.1, 0.15) is 5.60 Å². The molecular formula is C19H23N3O2. The first-order valence-corrected chi connectivity index (χ1v) is 8.70. The maximum atomic E-state index is 12.6. The summed E-state index contributed by atoms with van der Waals surface area (Å²) >= 11 is 0. The summed E-state index contributed by atoms with van der Waals surface area (Å²) in [5, 5.41) is 12.7. The Morgan fingerprint density at radius 3 is 2.83 bits per heavy atom. The van der Waals surface area contributed by atoms with Gasteiger partial charge in [-0.3, -0.25) is 9.78 Å². The quantitative estimate of drug-likeness (QED) is 0.919. The number of hydrogen-bond donors (Lipinski definition) is 1. The van der Waals surface area contributed by atoms with Crippen molar-refractivity contribution in [1.82, 2.24) is 9.88 Å². The van der Waals surface area contributed by atoms with Crippen molar-refractivity contribution in [3.05, 3.63) is 36.7 Å². The molecule has 0 radical (unpaired) electrons. The number of anilines is 1. The highest BCUT2D eigenvalue weighted by atomic mass is 16.3. The van der Waals surface area contributed by atoms with Crippen molar-refractivity contribution in [1.29, 1.82) is 0 Å². The van der Waals surface area contributed by atoms with Crippen molar-refractivity contribution in [2.75, 3.05) is 24.5 Å². The Bertz CT molecular complexity index is 767. The number of pyridine rings is 1. The van der Waals surface area contributed by atoms with E-state index in [1.54, 1.807) is 0 Å². The first kappa shape index (κ1) is 15.4. The lowest BCUT2D eigenvalue weighted by atomic mass is 9.79. The number of piperazine rings is 1. The van der Waals surface area contributed by atoms with Crippen molar-refractivity contribution < 1.29 is 9.90 Å². The second-order valence-corrected chi connectivity index (χ2v) is 7.05. The van der Waals surface area contributed by atoms with Gasteiger partial charge in [0.05, 0.1) is 0 Å². The summed E-state index contributed by atoms with van der Waals surface area (Å²) in [5.74, 6) is -0.0805. The number of amides is 1. The Kier molecular flexibility index (Phi) is 3.68. The van der Waals surface area contributed by atoms with E-state index in [2.05, 4.69) is 35.0 Å². The molecule has 24 heavy (non-hydrogen) atoms. The minimum atomic E-state index is -1.10. The highest BCUT2D eigenvalue weighted by Crippen LogP contribution is 2.35. The van der Waals surface area contributed by atoms with E-state index in [-0.39, 0.29) is 11.9 Å². The lowest BCUT2D eigenvalue weighted by Gasteiger charge is -2.46. The van der Waals surface area contributed by atoms with Crippen molar-refractivity contribution in [3.8, 4) is 0 Å². The standard InChI is InChI=1S/C19H23N3O2/c1-14-13-21(10-11-22(14)18(23)19(24)7-3-8-19)17-5-2-4-15-12-20-9-6-16(15)17/h2,4-6,9,12,14,24H,3,7-8,10-11,13H2,1H3. The zero-order valence-corrected chi connectivity index (χ0v) is 14.0. The lowest BCUT2D eigenvalue weighted by molar-refractivity contribution is -0.162. The highest BCUT2D eigenvalue weighted by Gasteiger charge is 2.46. The van der Waals surface area contributed by atoms with Gasteiger partial charge in [0.15, 0.2) is 0 Å². The minimum absolute atomic E-state index is 0.0805. The molecule has 4 rings (SSSR count). The van der Waals surface area contributed by atoms with E-state index in [0.717, 1.165) is 24.9 Å². The van der Waals surface area contributed by atoms with Crippen LogP contribution in [0.2, 0.25) is 0 Å². The van der Waals surface area contributed by atoms with Crippen LogP contribution < -0.4 is 4.90 Å². The molecule has 0 bridgehead atoms. The van der Waals surface area contributed by atoms with Gasteiger partial charge in [0.25, 0.3) is 5.91 Å². The summed E-state index contributed by atoms with van der Waals surface area (Å²) in [7, 11) is 0. The second kappa shape index (κ2) is 5.74. The Morgan fingerprint density at radius 1 is 1.29 bits per heavy atom. The molecule has 2 heterocycles. The number of aliphatic hydroxyl groups is 1. The minimum Gasteiger partial charge on any atom is -0.380 e. The van der Waals surface area contributed by atoms with E-state index < -0.39 is 5.60 Å². The van der Waals surface area contributed by atoms with Gasteiger partial charge >= 0.3 is 0 Å². The summed E-state index contributed by atoms with van der Waals surface area (Å²) in [6, 6.07) is 8.39. The summed E-state index contributed by atoms with van der Waals surface area (Å²) in [6.07, 6.45) is 5.86. The highest BCUT2D eigenvalue weighted by molar-refractivity contribution is 5.94. The molecule has 1 amide bonds. The Balaban J connectivity index is 1.55. The van der Waals surface area contributed by atoms with Crippen LogP contribution in [0.4, 0.5) is 5.69 Å². The third-order valence-electron chi connectivity index (χ3n) is 5.47. The first-order chi connectivity index (χ1) is 11.6. The molecule has 126 valence electrons. The zero-order valence-electron chi connectivity index (χ0n) is 14.0. The molecule has 1 aliphatic heterocycles. The number of carbonyl (C=O) groups is 1. The van der Waals surface area contributed by atoms with Gasteiger partial charge in [-0.2, -0.15) is 0 Å². The molecule has 5 heteroatoms. The smallest absolute Gasteiger partial charge is 0.254 e. The fourth-order valence-electron chi connectivity index (χ4n) is 3.85. The van der Waals surface area contributed by atoms with Crippen LogP contribution in [-0.2, 0) is 4.79 Å². The molecule has 1 aromatic carbocycles. The molecule has 2 fully saturated rings. The van der Waals surface area contributed by atoms with Crippen LogP contribution in [0.3, 0.4) is 0 Å². The molecule has 1 saturated heterocycles. The van der Waals surface area contributed by atoms with E-state index in [1.165, 1.54) is 11.1 Å². The number of carbonyl (C=O) groups excluding carboxylic acids is 1. The van der Waals surface area contributed by atoms with Crippen LogP contribution in [0.25, 0.3) is 10.8 Å². The number of benzene rings is 1. The van der Waals surface area contributed by atoms with E-state index in [4.69, 9.17) is 0 Å². The first-order valence-electron chi connectivity index (χ1n) is 8.70. The number of nitrogens with zero attached hydrogens (tertiary/aromatic N) is 3. The van der Waals surface area contributed by atoms with E-state index in [1.807, 2.05) is 23.4 Å². The average molecular weight is 325 g/mol. The van der Waals surface area contributed by atoms with E-state index in [0.29, 0.717) is 19.4 Å². The van der Waals surface area contributed by atoms with Gasteiger partial charge in [-0.25, -0.2) is 0 Å². The fourth-order valence-corrected chi connectivity index (χ4v) is 3.85. The third-order valence-corrected chi connectivity index (χ3v) is 5.47. The zero-order chi connectivity index (χ0) is 16.7. The van der Waals surface area contributed by atoms with Crippen LogP contribution in [0.5, 0.6) is 0 Å². The maximum Gasteiger partial charge on any atom is 0.254 e. The number of hydrogen-bond acceptors (Lipinski definition) is 4. The largest absolute Gasteiger partial charge is 0.380 e. The van der Waals surface area contributed by atoms with E-state index in [9.17, 15) is 9.90 Å². The number of rotatable bonds is 2. The Morgan fingerprint density at radius 2 is 2.12 bits per heavy atom. The molecule has 2 aromatic rings. The van der Waals surface area contributed by atoms with Gasteiger partial charge in [-0.15, -0.1) is 0 Å². The summed E-state index contributed by atoms with van der Waals surface area (Å²) in [6.45, 7) is 4.29. The fraction of sp³-hybridized carbons (Fsp3) is 0.474. The Hall–Kier alpha value is -2.14. The average Bonchev–Trinajstić information content (AvgIpc) is 2.58. The van der Waals surface area contributed by atoms with Crippen LogP contribution in [-0.4, -0.2) is 52.2 Å². The topological polar surface area (TPSA) is 56.7 Å². The summed E-state index contributed by atoms with van der Waals surface area (Å²) in [5.41, 5.74) is 0.0952. The predicted octanol–water partition coefficient (Wildman–Crippen LogP) is 2.19. The molecule has 1 unspecified atom stereocenters. The number of aromatic nitrogens is 1. The molecule has 0 spiro atoms. The van der Waals surface area contributed by atoms with E-state index >= 15 is 0 Å². The monoisotopic (exact) mass is 325 g/mol. The van der Waals surface area contributed by atoms with Gasteiger partial charge < -0.3 is 14.9 Å². The molecule has 1 aliphatic carbocycles.